The van der Waals surface area contributed by atoms with Gasteiger partial charge in [-0.2, -0.15) is 0 Å². The molecule has 0 aromatic heterocycles. The molecule has 0 aliphatic carbocycles. The summed E-state index contributed by atoms with van der Waals surface area (Å²) >= 11 is 38.3. The summed E-state index contributed by atoms with van der Waals surface area (Å²) in [5.41, 5.74) is 0.540. The van der Waals surface area contributed by atoms with Gasteiger partial charge in [0.2, 0.25) is 0 Å². The molecule has 0 fully saturated rings. The molecular formula is C8H3Cl5S2. The summed E-state index contributed by atoms with van der Waals surface area (Å²) in [5, 5.41) is 1.00. The van der Waals surface area contributed by atoms with Crippen molar-refractivity contribution in [3.05, 3.63) is 30.7 Å². The highest BCUT2D eigenvalue weighted by Gasteiger charge is 2.19. The van der Waals surface area contributed by atoms with E-state index in [1.54, 1.807) is 0 Å². The fourth-order valence-corrected chi connectivity index (χ4v) is 2.57. The lowest BCUT2D eigenvalue weighted by Crippen LogP contribution is -1.96. The van der Waals surface area contributed by atoms with E-state index in [4.69, 9.17) is 70.2 Å². The fourth-order valence-electron chi connectivity index (χ4n) is 0.957. The molecular weight excluding hydrogens is 337 g/mol. The van der Waals surface area contributed by atoms with Crippen molar-refractivity contribution >= 4 is 87.0 Å². The molecule has 0 atom stereocenters. The smallest absolute Gasteiger partial charge is 0.0809 e. The lowest BCUT2D eigenvalue weighted by Gasteiger charge is -2.11. The first kappa shape index (κ1) is 14.2. The first-order valence-electron chi connectivity index (χ1n) is 3.58. The van der Waals surface area contributed by atoms with Gasteiger partial charge in [0.1, 0.15) is 0 Å². The van der Waals surface area contributed by atoms with Gasteiger partial charge in [0.25, 0.3) is 0 Å². The van der Waals surface area contributed by atoms with Gasteiger partial charge in [0.05, 0.1) is 25.1 Å². The van der Waals surface area contributed by atoms with Crippen LogP contribution in [0.25, 0.3) is 0 Å². The van der Waals surface area contributed by atoms with Gasteiger partial charge in [-0.05, 0) is 5.56 Å². The molecule has 15 heavy (non-hydrogen) atoms. The average Bonchev–Trinajstić information content (AvgIpc) is 2.18. The minimum atomic E-state index is 0.141. The molecule has 1 rings (SSSR count). The Bertz CT molecular complexity index is 401. The number of benzene rings is 1. The van der Waals surface area contributed by atoms with Gasteiger partial charge in [0.15, 0.2) is 0 Å². The second-order valence-electron chi connectivity index (χ2n) is 2.62. The monoisotopic (exact) mass is 338 g/mol. The highest BCUT2D eigenvalue weighted by molar-refractivity contribution is 8.11. The molecule has 0 aliphatic heterocycles. The van der Waals surface area contributed by atoms with Crippen LogP contribution in [0.2, 0.25) is 25.1 Å². The van der Waals surface area contributed by atoms with Crippen LogP contribution >= 0.6 is 82.9 Å². The average molecular weight is 341 g/mol. The number of hydrogen-bond donors (Lipinski definition) is 1. The van der Waals surface area contributed by atoms with Crippen LogP contribution in [0.3, 0.4) is 0 Å². The van der Waals surface area contributed by atoms with Crippen LogP contribution in [0.5, 0.6) is 0 Å². The molecule has 1 aromatic carbocycles. The molecule has 1 aromatic rings. The largest absolute Gasteiger partial charge is 0.136 e. The normalized spacial score (nSPS) is 10.5. The van der Waals surface area contributed by atoms with Crippen molar-refractivity contribution in [1.82, 2.24) is 0 Å². The molecule has 7 heteroatoms. The molecule has 0 aliphatic rings. The molecule has 0 unspecified atom stereocenters. The lowest BCUT2D eigenvalue weighted by atomic mass is 10.1. The minimum Gasteiger partial charge on any atom is -0.136 e. The molecule has 0 spiro atoms. The molecule has 0 heterocycles. The van der Waals surface area contributed by atoms with Gasteiger partial charge in [-0.25, -0.2) is 0 Å². The Balaban J connectivity index is 3.45. The third-order valence-electron chi connectivity index (χ3n) is 1.63. The third-order valence-corrected chi connectivity index (χ3v) is 4.29. The maximum absolute atomic E-state index is 5.97. The van der Waals surface area contributed by atoms with Crippen molar-refractivity contribution in [2.45, 2.75) is 6.42 Å². The van der Waals surface area contributed by atoms with Crippen LogP contribution in [-0.4, -0.2) is 4.20 Å². The summed E-state index contributed by atoms with van der Waals surface area (Å²) in [4.78, 5) is 0. The van der Waals surface area contributed by atoms with E-state index in [9.17, 15) is 0 Å². The van der Waals surface area contributed by atoms with E-state index >= 15 is 0 Å². The molecule has 0 amide bonds. The molecule has 82 valence electrons. The summed E-state index contributed by atoms with van der Waals surface area (Å²) in [6.45, 7) is 0. The van der Waals surface area contributed by atoms with Crippen molar-refractivity contribution in [3.63, 3.8) is 0 Å². The van der Waals surface area contributed by atoms with Crippen LogP contribution in [0.4, 0.5) is 0 Å². The number of hydrogen-bond acceptors (Lipinski definition) is 1. The molecule has 0 saturated heterocycles. The summed E-state index contributed by atoms with van der Waals surface area (Å²) < 4.78 is 0.438. The van der Waals surface area contributed by atoms with Crippen LogP contribution in [0.1, 0.15) is 5.56 Å². The van der Waals surface area contributed by atoms with Crippen LogP contribution in [0.15, 0.2) is 0 Å². The Morgan fingerprint density at radius 3 is 1.53 bits per heavy atom. The van der Waals surface area contributed by atoms with Crippen LogP contribution < -0.4 is 0 Å². The number of thiocarbonyl (C=S) groups is 1. The van der Waals surface area contributed by atoms with Gasteiger partial charge in [-0.3, -0.25) is 0 Å². The van der Waals surface area contributed by atoms with E-state index in [2.05, 4.69) is 12.6 Å². The van der Waals surface area contributed by atoms with Crippen molar-refractivity contribution in [2.24, 2.45) is 0 Å². The van der Waals surface area contributed by atoms with Crippen LogP contribution in [-0.2, 0) is 6.42 Å². The van der Waals surface area contributed by atoms with Crippen molar-refractivity contribution < 1.29 is 0 Å². The molecule has 0 radical (unpaired) electrons. The number of thiol groups is 1. The maximum Gasteiger partial charge on any atom is 0.0809 e. The SMILES string of the molecule is S=C(S)Cc1c(Cl)c(Cl)c(Cl)c(Cl)c1Cl. The quantitative estimate of drug-likeness (QED) is 0.309. The van der Waals surface area contributed by atoms with E-state index in [1.807, 2.05) is 0 Å². The van der Waals surface area contributed by atoms with E-state index < -0.39 is 0 Å². The summed E-state index contributed by atoms with van der Waals surface area (Å²) in [7, 11) is 0. The molecule has 0 saturated carbocycles. The number of halogens is 5. The Labute approximate surface area is 123 Å². The zero-order valence-corrected chi connectivity index (χ0v) is 12.4. The molecule has 0 N–H and O–H groups in total. The summed E-state index contributed by atoms with van der Waals surface area (Å²) in [6.07, 6.45) is 0.312. The van der Waals surface area contributed by atoms with E-state index in [0.717, 1.165) is 0 Å². The van der Waals surface area contributed by atoms with Gasteiger partial charge < -0.3 is 0 Å². The maximum atomic E-state index is 5.97. The minimum absolute atomic E-state index is 0.141. The van der Waals surface area contributed by atoms with E-state index in [1.165, 1.54) is 0 Å². The first-order chi connectivity index (χ1) is 6.86. The molecule has 0 nitrogen and oxygen atoms in total. The van der Waals surface area contributed by atoms with Crippen molar-refractivity contribution in [2.75, 3.05) is 0 Å². The van der Waals surface area contributed by atoms with E-state index in [0.29, 0.717) is 16.2 Å². The predicted octanol–water partition coefficient (Wildman–Crippen LogP) is 5.75. The topological polar surface area (TPSA) is 0 Å². The summed E-state index contributed by atoms with van der Waals surface area (Å²) in [6, 6.07) is 0. The Morgan fingerprint density at radius 2 is 1.20 bits per heavy atom. The van der Waals surface area contributed by atoms with Gasteiger partial charge in [-0.15, -0.1) is 12.6 Å². The zero-order valence-electron chi connectivity index (χ0n) is 6.95. The van der Waals surface area contributed by atoms with E-state index in [-0.39, 0.29) is 25.1 Å². The lowest BCUT2D eigenvalue weighted by molar-refractivity contribution is 1.37. The second kappa shape index (κ2) is 5.63. The fraction of sp³-hybridized carbons (Fsp3) is 0.125. The van der Waals surface area contributed by atoms with Gasteiger partial charge in [0, 0.05) is 10.6 Å². The van der Waals surface area contributed by atoms with Crippen molar-refractivity contribution in [1.29, 1.82) is 0 Å². The van der Waals surface area contributed by atoms with Crippen molar-refractivity contribution in [3.8, 4) is 0 Å². The highest BCUT2D eigenvalue weighted by atomic mass is 35.5. The Kier molecular flexibility index (Phi) is 5.32. The summed E-state index contributed by atoms with van der Waals surface area (Å²) in [5.74, 6) is 0. The Hall–Kier alpha value is 1.11. The second-order valence-corrected chi connectivity index (χ2v) is 5.84. The third kappa shape index (κ3) is 3.06. The Morgan fingerprint density at radius 1 is 0.867 bits per heavy atom. The number of rotatable bonds is 2. The standard InChI is InChI=1S/C8H3Cl5S2/c9-4-2(1-3(14)15)5(10)7(12)8(13)6(4)11/h1H2,(H,14,15). The molecule has 0 bridgehead atoms. The zero-order chi connectivity index (χ0) is 11.7. The van der Waals surface area contributed by atoms with Crippen LogP contribution in [0, 0.1) is 0 Å². The highest BCUT2D eigenvalue weighted by Crippen LogP contribution is 2.44. The first-order valence-corrected chi connectivity index (χ1v) is 6.33. The van der Waals surface area contributed by atoms with Gasteiger partial charge >= 0.3 is 0 Å². The predicted molar refractivity (Wildman–Crippen MR) is 76.8 cm³/mol. The van der Waals surface area contributed by atoms with Gasteiger partial charge in [-0.1, -0.05) is 70.2 Å².